The molecule has 0 radical (unpaired) electrons. The number of fused-ring (bicyclic) bond motifs is 1. The number of aryl methyl sites for hydroxylation is 1. The van der Waals surface area contributed by atoms with E-state index < -0.39 is 0 Å². The highest BCUT2D eigenvalue weighted by molar-refractivity contribution is 6.04. The van der Waals surface area contributed by atoms with Crippen molar-refractivity contribution in [1.82, 2.24) is 19.7 Å². The molecule has 8 heteroatoms. The lowest BCUT2D eigenvalue weighted by atomic mass is 9.95. The minimum atomic E-state index is -0.326. The highest BCUT2D eigenvalue weighted by Gasteiger charge is 2.34. The third-order valence-electron chi connectivity index (χ3n) is 6.70. The molecule has 1 aromatic carbocycles. The number of H-pyrrole nitrogens is 1. The van der Waals surface area contributed by atoms with Crippen molar-refractivity contribution in [3.63, 3.8) is 0 Å². The number of halogens is 1. The molecule has 1 aliphatic carbocycles. The van der Waals surface area contributed by atoms with Crippen LogP contribution in [0.25, 0.3) is 0 Å². The Morgan fingerprint density at radius 2 is 2.00 bits per heavy atom. The molecule has 0 saturated carbocycles. The zero-order valence-electron chi connectivity index (χ0n) is 21.2. The second-order valence-electron chi connectivity index (χ2n) is 9.85. The molecule has 1 aliphatic heterocycles. The Hall–Kier alpha value is -4.20. The zero-order chi connectivity index (χ0) is 26.1. The van der Waals surface area contributed by atoms with Crippen molar-refractivity contribution in [2.24, 2.45) is 5.92 Å². The summed E-state index contributed by atoms with van der Waals surface area (Å²) in [5.74, 6) is -0.838. The van der Waals surface area contributed by atoms with Gasteiger partial charge in [-0.25, -0.2) is 4.39 Å². The smallest absolute Gasteiger partial charge is 0.276 e. The fourth-order valence-electron chi connectivity index (χ4n) is 5.11. The summed E-state index contributed by atoms with van der Waals surface area (Å²) in [6.07, 6.45) is 8.49. The maximum absolute atomic E-state index is 13.9. The summed E-state index contributed by atoms with van der Waals surface area (Å²) < 4.78 is 15.8. The first kappa shape index (κ1) is 24.5. The van der Waals surface area contributed by atoms with Gasteiger partial charge in [-0.1, -0.05) is 38.1 Å². The number of aromatic amines is 1. The fourth-order valence-corrected chi connectivity index (χ4v) is 5.11. The van der Waals surface area contributed by atoms with Gasteiger partial charge in [0.05, 0.1) is 13.1 Å². The van der Waals surface area contributed by atoms with Gasteiger partial charge in [0.2, 0.25) is 0 Å². The zero-order valence-corrected chi connectivity index (χ0v) is 21.2. The summed E-state index contributed by atoms with van der Waals surface area (Å²) >= 11 is 0. The predicted octanol–water partition coefficient (Wildman–Crippen LogP) is 5.52. The van der Waals surface area contributed by atoms with Gasteiger partial charge in [-0.3, -0.25) is 14.3 Å². The fraction of sp³-hybridized carbons (Fsp3) is 0.276. The van der Waals surface area contributed by atoms with E-state index in [1.807, 2.05) is 55.8 Å². The summed E-state index contributed by atoms with van der Waals surface area (Å²) in [7, 11) is 0. The Bertz CT molecular complexity index is 1430. The molecule has 2 N–H and O–H groups in total. The van der Waals surface area contributed by atoms with Gasteiger partial charge in [-0.15, -0.1) is 0 Å². The Morgan fingerprint density at radius 1 is 1.16 bits per heavy atom. The lowest BCUT2D eigenvalue weighted by Crippen LogP contribution is -2.38. The number of carbonyl (C=O) groups excluding carboxylic acids is 2. The van der Waals surface area contributed by atoms with Crippen LogP contribution in [0.1, 0.15) is 57.6 Å². The van der Waals surface area contributed by atoms with Crippen molar-refractivity contribution in [2.45, 2.75) is 39.8 Å². The number of nitrogens with zero attached hydrogens (tertiary/aromatic N) is 3. The highest BCUT2D eigenvalue weighted by atomic mass is 19.1. The van der Waals surface area contributed by atoms with Crippen LogP contribution in [-0.4, -0.2) is 38.0 Å². The molecule has 0 bridgehead atoms. The Kier molecular flexibility index (Phi) is 6.65. The Labute approximate surface area is 215 Å². The van der Waals surface area contributed by atoms with Crippen LogP contribution >= 0.6 is 0 Å². The van der Waals surface area contributed by atoms with Crippen LogP contribution in [-0.2, 0) is 13.1 Å². The van der Waals surface area contributed by atoms with Crippen LogP contribution in [0.15, 0.2) is 78.3 Å². The number of aromatic nitrogens is 3. The Morgan fingerprint density at radius 3 is 2.76 bits per heavy atom. The number of amides is 2. The third kappa shape index (κ3) is 5.18. The third-order valence-corrected chi connectivity index (χ3v) is 6.70. The molecule has 3 aromatic rings. The number of anilines is 1. The molecular weight excluding hydrogens is 469 g/mol. The molecule has 2 aliphatic rings. The number of rotatable bonds is 5. The minimum absolute atomic E-state index is 0.0571. The molecule has 2 atom stereocenters. The highest BCUT2D eigenvalue weighted by Crippen LogP contribution is 2.33. The first-order chi connectivity index (χ1) is 17.8. The van der Waals surface area contributed by atoms with Crippen LogP contribution in [0.5, 0.6) is 0 Å². The number of hydrogen-bond acceptors (Lipinski definition) is 3. The number of benzene rings is 1. The van der Waals surface area contributed by atoms with E-state index in [4.69, 9.17) is 5.10 Å². The first-order valence-corrected chi connectivity index (χ1v) is 12.4. The van der Waals surface area contributed by atoms with E-state index in [1.165, 1.54) is 6.08 Å². The van der Waals surface area contributed by atoms with Crippen molar-refractivity contribution >= 4 is 17.5 Å². The molecule has 37 heavy (non-hydrogen) atoms. The number of nitrogens with one attached hydrogen (secondary N) is 2. The van der Waals surface area contributed by atoms with E-state index >= 15 is 0 Å². The summed E-state index contributed by atoms with van der Waals surface area (Å²) in [6.45, 7) is 7.10. The summed E-state index contributed by atoms with van der Waals surface area (Å²) in [5.41, 5.74) is 5.08. The summed E-state index contributed by atoms with van der Waals surface area (Å²) in [4.78, 5) is 31.4. The maximum atomic E-state index is 13.9. The van der Waals surface area contributed by atoms with Gasteiger partial charge in [0.1, 0.15) is 11.5 Å². The molecule has 7 nitrogen and oxygen atoms in total. The van der Waals surface area contributed by atoms with Crippen molar-refractivity contribution in [3.8, 4) is 0 Å². The summed E-state index contributed by atoms with van der Waals surface area (Å²) in [5, 5.41) is 7.72. The SMILES string of the molecule is Cc1cccc(NC(=O)c2nn(CC3=CC(C)C=C(F)C=C3)c3c2CN(C(=O)c2ccc[nH]2)CC3C)c1. The normalized spacial score (nSPS) is 19.1. The maximum Gasteiger partial charge on any atom is 0.276 e. The average Bonchev–Trinajstić information content (AvgIpc) is 3.47. The molecule has 0 fully saturated rings. The molecular formula is C29H30FN5O2. The minimum Gasteiger partial charge on any atom is -0.357 e. The number of carbonyl (C=O) groups is 2. The van der Waals surface area contributed by atoms with Crippen molar-refractivity contribution < 1.29 is 14.0 Å². The van der Waals surface area contributed by atoms with Gasteiger partial charge in [0.15, 0.2) is 5.69 Å². The van der Waals surface area contributed by atoms with E-state index in [9.17, 15) is 14.0 Å². The topological polar surface area (TPSA) is 83.0 Å². The number of hydrogen-bond donors (Lipinski definition) is 2. The van der Waals surface area contributed by atoms with Crippen molar-refractivity contribution in [2.75, 3.05) is 11.9 Å². The van der Waals surface area contributed by atoms with E-state index in [2.05, 4.69) is 10.3 Å². The summed E-state index contributed by atoms with van der Waals surface area (Å²) in [6, 6.07) is 11.1. The van der Waals surface area contributed by atoms with E-state index in [1.54, 1.807) is 35.4 Å². The van der Waals surface area contributed by atoms with E-state index in [0.29, 0.717) is 30.2 Å². The molecule has 2 aromatic heterocycles. The van der Waals surface area contributed by atoms with E-state index in [-0.39, 0.29) is 36.0 Å². The van der Waals surface area contributed by atoms with Gasteiger partial charge in [0, 0.05) is 35.6 Å². The van der Waals surface area contributed by atoms with Crippen LogP contribution in [0.3, 0.4) is 0 Å². The second kappa shape index (κ2) is 10.0. The van der Waals surface area contributed by atoms with Gasteiger partial charge in [0.25, 0.3) is 11.8 Å². The molecule has 2 unspecified atom stereocenters. The van der Waals surface area contributed by atoms with Gasteiger partial charge >= 0.3 is 0 Å². The monoisotopic (exact) mass is 499 g/mol. The molecule has 190 valence electrons. The number of allylic oxidation sites excluding steroid dienone is 6. The molecule has 0 spiro atoms. The molecule has 0 saturated heterocycles. The van der Waals surface area contributed by atoms with Crippen molar-refractivity contribution in [3.05, 3.63) is 107 Å². The van der Waals surface area contributed by atoms with Crippen molar-refractivity contribution in [1.29, 1.82) is 0 Å². The molecule has 2 amide bonds. The average molecular weight is 500 g/mol. The van der Waals surface area contributed by atoms with Crippen LogP contribution in [0, 0.1) is 12.8 Å². The van der Waals surface area contributed by atoms with Gasteiger partial charge < -0.3 is 15.2 Å². The molecule has 5 rings (SSSR count). The lowest BCUT2D eigenvalue weighted by Gasteiger charge is -2.32. The van der Waals surface area contributed by atoms with Crippen LogP contribution in [0.4, 0.5) is 10.1 Å². The lowest BCUT2D eigenvalue weighted by molar-refractivity contribution is 0.0711. The molecule has 3 heterocycles. The predicted molar refractivity (Wildman–Crippen MR) is 141 cm³/mol. The Balaban J connectivity index is 1.52. The van der Waals surface area contributed by atoms with Crippen LogP contribution < -0.4 is 5.32 Å². The van der Waals surface area contributed by atoms with Gasteiger partial charge in [-0.2, -0.15) is 5.10 Å². The van der Waals surface area contributed by atoms with E-state index in [0.717, 1.165) is 22.4 Å². The largest absolute Gasteiger partial charge is 0.357 e. The first-order valence-electron chi connectivity index (χ1n) is 12.4. The second-order valence-corrected chi connectivity index (χ2v) is 9.85. The quantitative estimate of drug-likeness (QED) is 0.485. The van der Waals surface area contributed by atoms with Gasteiger partial charge in [-0.05, 0) is 60.4 Å². The standard InChI is InChI=1S/C29H30FN5O2/c1-18-6-4-7-23(14-18)32-28(36)26-24-17-34(29(37)25-8-5-11-31-25)15-20(3)27(24)35(33-26)16-21-9-10-22(30)13-19(2)12-21/h4-14,19-20,31H,15-17H2,1-3H3,(H,32,36). The van der Waals surface area contributed by atoms with Crippen LogP contribution in [0.2, 0.25) is 0 Å².